The van der Waals surface area contributed by atoms with Crippen molar-refractivity contribution in [2.75, 3.05) is 10.0 Å². The van der Waals surface area contributed by atoms with Gasteiger partial charge in [-0.1, -0.05) is 48.5 Å². The van der Waals surface area contributed by atoms with Crippen LogP contribution in [0.3, 0.4) is 0 Å². The first-order chi connectivity index (χ1) is 15.5. The molecule has 1 amide bonds. The van der Waals surface area contributed by atoms with Gasteiger partial charge in [0.15, 0.2) is 5.13 Å². The number of aromatic nitrogens is 1. The zero-order valence-electron chi connectivity index (χ0n) is 16.7. The number of nitrogens with one attached hydrogen (secondary N) is 2. The first-order valence-electron chi connectivity index (χ1n) is 9.61. The fraction of sp³-hybridized carbons (Fsp3) is 0.0435. The summed E-state index contributed by atoms with van der Waals surface area (Å²) >= 11 is 2.65. The summed E-state index contributed by atoms with van der Waals surface area (Å²) in [5.41, 5.74) is 1.39. The Bertz CT molecular complexity index is 1260. The third-order valence-corrected chi connectivity index (χ3v) is 7.86. The van der Waals surface area contributed by atoms with Crippen LogP contribution < -0.4 is 10.0 Å². The molecule has 0 saturated carbocycles. The Kier molecular flexibility index (Phi) is 6.89. The van der Waals surface area contributed by atoms with E-state index in [4.69, 9.17) is 0 Å². The second kappa shape index (κ2) is 9.99. The summed E-state index contributed by atoms with van der Waals surface area (Å²) in [4.78, 5) is 18.1. The summed E-state index contributed by atoms with van der Waals surface area (Å²) in [6.07, 6.45) is 1.53. The van der Waals surface area contributed by atoms with E-state index in [9.17, 15) is 13.2 Å². The molecule has 1 aromatic heterocycles. The molecule has 3 aromatic carbocycles. The molecule has 0 aliphatic carbocycles. The fourth-order valence-electron chi connectivity index (χ4n) is 2.91. The maximum Gasteiger partial charge on any atom is 0.263 e. The third-order valence-electron chi connectivity index (χ3n) is 4.42. The minimum Gasteiger partial charge on any atom is -0.325 e. The largest absolute Gasteiger partial charge is 0.325 e. The highest BCUT2D eigenvalue weighted by molar-refractivity contribution is 8.00. The van der Waals surface area contributed by atoms with Crippen LogP contribution in [0, 0.1) is 0 Å². The lowest BCUT2D eigenvalue weighted by molar-refractivity contribution is -0.115. The summed E-state index contributed by atoms with van der Waals surface area (Å²) in [6, 6.07) is 25.3. The highest BCUT2D eigenvalue weighted by Gasteiger charge is 2.22. The lowest BCUT2D eigenvalue weighted by atomic mass is 10.1. The zero-order valence-corrected chi connectivity index (χ0v) is 19.2. The van der Waals surface area contributed by atoms with E-state index in [1.54, 1.807) is 17.5 Å². The van der Waals surface area contributed by atoms with Crippen molar-refractivity contribution < 1.29 is 13.2 Å². The van der Waals surface area contributed by atoms with Crippen molar-refractivity contribution in [1.29, 1.82) is 0 Å². The Balaban J connectivity index is 1.50. The van der Waals surface area contributed by atoms with Gasteiger partial charge in [-0.25, -0.2) is 13.4 Å². The molecule has 6 nitrogen and oxygen atoms in total. The smallest absolute Gasteiger partial charge is 0.263 e. The van der Waals surface area contributed by atoms with Gasteiger partial charge in [0.05, 0.1) is 4.90 Å². The second-order valence-corrected chi connectivity index (χ2v) is 10.4. The van der Waals surface area contributed by atoms with Crippen molar-refractivity contribution in [2.24, 2.45) is 0 Å². The molecule has 0 radical (unpaired) electrons. The van der Waals surface area contributed by atoms with Gasteiger partial charge in [0.25, 0.3) is 10.0 Å². The highest BCUT2D eigenvalue weighted by atomic mass is 32.2. The van der Waals surface area contributed by atoms with Crippen LogP contribution in [0.2, 0.25) is 0 Å². The number of hydrogen-bond donors (Lipinski definition) is 2. The fourth-order valence-corrected chi connectivity index (χ4v) is 5.74. The quantitative estimate of drug-likeness (QED) is 0.328. The molecule has 32 heavy (non-hydrogen) atoms. The summed E-state index contributed by atoms with van der Waals surface area (Å²) < 4.78 is 27.4. The summed E-state index contributed by atoms with van der Waals surface area (Å²) in [7, 11) is -3.75. The van der Waals surface area contributed by atoms with Gasteiger partial charge in [0.1, 0.15) is 5.25 Å². The van der Waals surface area contributed by atoms with Gasteiger partial charge in [-0.2, -0.15) is 0 Å². The number of nitrogens with zero attached hydrogens (tertiary/aromatic N) is 1. The lowest BCUT2D eigenvalue weighted by Gasteiger charge is -2.17. The number of carbonyl (C=O) groups excluding carboxylic acids is 1. The van der Waals surface area contributed by atoms with Crippen molar-refractivity contribution in [3.63, 3.8) is 0 Å². The predicted molar refractivity (Wildman–Crippen MR) is 129 cm³/mol. The van der Waals surface area contributed by atoms with Gasteiger partial charge in [-0.3, -0.25) is 9.52 Å². The number of benzene rings is 3. The minimum atomic E-state index is -3.75. The van der Waals surface area contributed by atoms with Crippen molar-refractivity contribution >= 4 is 49.8 Å². The monoisotopic (exact) mass is 481 g/mol. The Morgan fingerprint density at radius 3 is 2.19 bits per heavy atom. The molecular weight excluding hydrogens is 462 g/mol. The Hall–Kier alpha value is -3.14. The average molecular weight is 482 g/mol. The number of thioether (sulfide) groups is 1. The lowest BCUT2D eigenvalue weighted by Crippen LogP contribution is -2.19. The molecule has 162 valence electrons. The Morgan fingerprint density at radius 2 is 1.56 bits per heavy atom. The van der Waals surface area contributed by atoms with Gasteiger partial charge >= 0.3 is 0 Å². The van der Waals surface area contributed by atoms with Crippen LogP contribution >= 0.6 is 23.1 Å². The first kappa shape index (κ1) is 22.1. The van der Waals surface area contributed by atoms with Crippen LogP contribution in [0.5, 0.6) is 0 Å². The van der Waals surface area contributed by atoms with Crippen LogP contribution in [0.1, 0.15) is 10.8 Å². The molecule has 1 atom stereocenters. The van der Waals surface area contributed by atoms with Crippen LogP contribution in [-0.4, -0.2) is 19.3 Å². The van der Waals surface area contributed by atoms with Crippen LogP contribution in [-0.2, 0) is 14.8 Å². The Labute approximate surface area is 194 Å². The number of amides is 1. The molecule has 0 spiro atoms. The second-order valence-electron chi connectivity index (χ2n) is 6.68. The van der Waals surface area contributed by atoms with E-state index in [1.807, 2.05) is 60.7 Å². The van der Waals surface area contributed by atoms with E-state index in [0.29, 0.717) is 10.8 Å². The number of sulfonamides is 1. The number of rotatable bonds is 8. The molecule has 0 aliphatic heterocycles. The molecule has 9 heteroatoms. The Morgan fingerprint density at radius 1 is 0.906 bits per heavy atom. The standard InChI is InChI=1S/C23H19N3O3S3/c27-22(21(17-7-3-1-4-8-17)31-19-9-5-2-6-10-19)25-18-11-13-20(14-12-18)32(28,29)26-23-24-15-16-30-23/h1-16,21H,(H,24,26)(H,25,27)/t21-/m0/s1. The molecule has 0 saturated heterocycles. The maximum atomic E-state index is 13.1. The molecule has 0 bridgehead atoms. The minimum absolute atomic E-state index is 0.0870. The number of carbonyl (C=O) groups is 1. The third kappa shape index (κ3) is 5.56. The molecule has 2 N–H and O–H groups in total. The van der Waals surface area contributed by atoms with E-state index in [1.165, 1.54) is 41.4 Å². The zero-order chi connectivity index (χ0) is 22.4. The van der Waals surface area contributed by atoms with Crippen LogP contribution in [0.15, 0.2) is 106 Å². The number of thiazole rings is 1. The highest BCUT2D eigenvalue weighted by Crippen LogP contribution is 2.36. The average Bonchev–Trinajstić information content (AvgIpc) is 3.31. The van der Waals surface area contributed by atoms with Crippen molar-refractivity contribution in [1.82, 2.24) is 4.98 Å². The van der Waals surface area contributed by atoms with E-state index >= 15 is 0 Å². The molecular formula is C23H19N3O3S3. The van der Waals surface area contributed by atoms with Gasteiger partial charge in [0, 0.05) is 22.2 Å². The molecule has 4 aromatic rings. The van der Waals surface area contributed by atoms with Gasteiger partial charge in [-0.15, -0.1) is 23.1 Å². The molecule has 0 fully saturated rings. The number of hydrogen-bond acceptors (Lipinski definition) is 6. The van der Waals surface area contributed by atoms with E-state index in [-0.39, 0.29) is 10.8 Å². The molecule has 4 rings (SSSR count). The predicted octanol–water partition coefficient (Wildman–Crippen LogP) is 5.42. The van der Waals surface area contributed by atoms with Crippen molar-refractivity contribution in [3.8, 4) is 0 Å². The van der Waals surface area contributed by atoms with Gasteiger partial charge in [0.2, 0.25) is 5.91 Å². The van der Waals surface area contributed by atoms with E-state index < -0.39 is 15.3 Å². The SMILES string of the molecule is O=C(Nc1ccc(S(=O)(=O)Nc2nccs2)cc1)[C@@H](Sc1ccccc1)c1ccccc1. The van der Waals surface area contributed by atoms with E-state index in [2.05, 4.69) is 15.0 Å². The van der Waals surface area contributed by atoms with Gasteiger partial charge < -0.3 is 5.32 Å². The number of anilines is 2. The van der Waals surface area contributed by atoms with Crippen molar-refractivity contribution in [3.05, 3.63) is 102 Å². The van der Waals surface area contributed by atoms with Crippen LogP contribution in [0.4, 0.5) is 10.8 Å². The molecule has 0 unspecified atom stereocenters. The normalized spacial score (nSPS) is 12.1. The topological polar surface area (TPSA) is 88.2 Å². The van der Waals surface area contributed by atoms with E-state index in [0.717, 1.165) is 10.5 Å². The van der Waals surface area contributed by atoms with Crippen molar-refractivity contribution in [2.45, 2.75) is 15.0 Å². The first-order valence-corrected chi connectivity index (χ1v) is 12.9. The summed E-state index contributed by atoms with van der Waals surface area (Å²) in [6.45, 7) is 0. The summed E-state index contributed by atoms with van der Waals surface area (Å²) in [5, 5.41) is 4.42. The van der Waals surface area contributed by atoms with Crippen LogP contribution in [0.25, 0.3) is 0 Å². The summed E-state index contributed by atoms with van der Waals surface area (Å²) in [5.74, 6) is -0.193. The maximum absolute atomic E-state index is 13.1. The molecule has 1 heterocycles. The molecule has 0 aliphatic rings. The van der Waals surface area contributed by atoms with Gasteiger partial charge in [-0.05, 0) is 42.0 Å².